The van der Waals surface area contributed by atoms with Crippen molar-refractivity contribution in [1.82, 2.24) is 0 Å². The largest absolute Gasteiger partial charge is 0.103 e. The lowest BCUT2D eigenvalue weighted by atomic mass is 9.62. The molecule has 4 atom stereocenters. The van der Waals surface area contributed by atoms with E-state index in [1.54, 1.807) is 0 Å². The van der Waals surface area contributed by atoms with Gasteiger partial charge in [-0.05, 0) is 91.6 Å². The minimum absolute atomic E-state index is 0.0349. The van der Waals surface area contributed by atoms with Gasteiger partial charge in [0.05, 0.1) is 0 Å². The summed E-state index contributed by atoms with van der Waals surface area (Å²) < 4.78 is 0. The minimum atomic E-state index is 0.0349. The highest BCUT2D eigenvalue weighted by molar-refractivity contribution is 5.29. The molecule has 218 valence electrons. The third-order valence-electron chi connectivity index (χ3n) is 8.82. The van der Waals surface area contributed by atoms with Crippen molar-refractivity contribution in [2.24, 2.45) is 17.3 Å². The Morgan fingerprint density at radius 3 is 2.05 bits per heavy atom. The smallest absolute Gasteiger partial charge is 0.00102 e. The van der Waals surface area contributed by atoms with Crippen molar-refractivity contribution >= 4 is 0 Å². The molecular formula is C40H58. The van der Waals surface area contributed by atoms with Gasteiger partial charge in [-0.2, -0.15) is 0 Å². The maximum Gasteiger partial charge on any atom is -0.00102 e. The van der Waals surface area contributed by atoms with Gasteiger partial charge < -0.3 is 0 Å². The molecule has 0 aliphatic carbocycles. The molecule has 2 aromatic carbocycles. The fourth-order valence-corrected chi connectivity index (χ4v) is 6.11. The molecule has 0 heterocycles. The predicted octanol–water partition coefficient (Wildman–Crippen LogP) is 12.4. The zero-order chi connectivity index (χ0) is 29.4. The molecule has 0 nitrogen and oxygen atoms in total. The quantitative estimate of drug-likeness (QED) is 0.166. The Kier molecular flexibility index (Phi) is 14.5. The summed E-state index contributed by atoms with van der Waals surface area (Å²) in [6, 6.07) is 22.2. The fraction of sp³-hybridized carbons (Fsp3) is 0.500. The highest BCUT2D eigenvalue weighted by Gasteiger charge is 2.37. The number of benzene rings is 2. The average molecular weight is 539 g/mol. The van der Waals surface area contributed by atoms with Crippen LogP contribution in [0.1, 0.15) is 117 Å². The molecule has 2 aromatic rings. The van der Waals surface area contributed by atoms with Crippen LogP contribution in [0.25, 0.3) is 0 Å². The zero-order valence-electron chi connectivity index (χ0n) is 26.8. The van der Waals surface area contributed by atoms with E-state index in [0.717, 1.165) is 38.5 Å². The summed E-state index contributed by atoms with van der Waals surface area (Å²) in [5.74, 6) is 1.62. The third-order valence-corrected chi connectivity index (χ3v) is 8.82. The van der Waals surface area contributed by atoms with Gasteiger partial charge in [-0.1, -0.05) is 151 Å². The molecule has 0 saturated carbocycles. The lowest BCUT2D eigenvalue weighted by Crippen LogP contribution is -2.33. The topological polar surface area (TPSA) is 0 Å². The Balaban J connectivity index is 2.56. The maximum absolute atomic E-state index is 4.13. The Labute approximate surface area is 248 Å². The molecule has 0 aromatic heterocycles. The molecular weight excluding hydrogens is 480 g/mol. The first-order valence-corrected chi connectivity index (χ1v) is 15.9. The fourth-order valence-electron chi connectivity index (χ4n) is 6.11. The van der Waals surface area contributed by atoms with Gasteiger partial charge in [0.1, 0.15) is 0 Å². The second-order valence-corrected chi connectivity index (χ2v) is 12.9. The van der Waals surface area contributed by atoms with Crippen LogP contribution in [-0.4, -0.2) is 0 Å². The molecule has 4 unspecified atom stereocenters. The predicted molar refractivity (Wildman–Crippen MR) is 180 cm³/mol. The van der Waals surface area contributed by atoms with Gasteiger partial charge in [-0.25, -0.2) is 0 Å². The molecule has 0 heteroatoms. The van der Waals surface area contributed by atoms with Crippen LogP contribution in [-0.2, 0) is 5.41 Å². The van der Waals surface area contributed by atoms with E-state index in [1.807, 2.05) is 0 Å². The molecule has 0 radical (unpaired) electrons. The van der Waals surface area contributed by atoms with Crippen LogP contribution in [0.2, 0.25) is 0 Å². The van der Waals surface area contributed by atoms with Gasteiger partial charge in [-0.15, -0.1) is 6.58 Å². The summed E-state index contributed by atoms with van der Waals surface area (Å²) in [4.78, 5) is 0. The van der Waals surface area contributed by atoms with E-state index in [2.05, 4.69) is 152 Å². The number of hydrogen-bond donors (Lipinski definition) is 0. The molecule has 0 N–H and O–H groups in total. The van der Waals surface area contributed by atoms with Gasteiger partial charge >= 0.3 is 0 Å². The van der Waals surface area contributed by atoms with Crippen LogP contribution in [0.3, 0.4) is 0 Å². The van der Waals surface area contributed by atoms with E-state index in [9.17, 15) is 0 Å². The molecule has 0 bridgehead atoms. The normalized spacial score (nSPS) is 17.1. The van der Waals surface area contributed by atoms with Crippen LogP contribution in [0, 0.1) is 17.3 Å². The van der Waals surface area contributed by atoms with Crippen molar-refractivity contribution in [3.8, 4) is 0 Å². The summed E-state index contributed by atoms with van der Waals surface area (Å²) in [6.45, 7) is 20.6. The number of unbranched alkanes of at least 4 members (excludes halogenated alkanes) is 1. The third kappa shape index (κ3) is 11.1. The molecule has 0 fully saturated rings. The highest BCUT2D eigenvalue weighted by atomic mass is 14.4. The molecule has 0 spiro atoms. The SMILES string of the molecule is C=CCCC(C=CC(C)c1ccccc1)(CCC=CCCC)CC(C)(CC(C)=CC(C)C(C)C)c1ccccc1. The second kappa shape index (κ2) is 17.3. The summed E-state index contributed by atoms with van der Waals surface area (Å²) in [5, 5.41) is 0. The Hall–Kier alpha value is -2.60. The zero-order valence-corrected chi connectivity index (χ0v) is 26.8. The highest BCUT2D eigenvalue weighted by Crippen LogP contribution is 2.47. The van der Waals surface area contributed by atoms with Crippen LogP contribution in [0.5, 0.6) is 0 Å². The van der Waals surface area contributed by atoms with Gasteiger partial charge in [0.2, 0.25) is 0 Å². The molecule has 2 rings (SSSR count). The van der Waals surface area contributed by atoms with E-state index in [1.165, 1.54) is 29.5 Å². The molecule has 0 saturated heterocycles. The monoisotopic (exact) mass is 538 g/mol. The summed E-state index contributed by atoms with van der Waals surface area (Å²) in [5.41, 5.74) is 4.46. The molecule has 0 amide bonds. The first-order chi connectivity index (χ1) is 19.1. The van der Waals surface area contributed by atoms with E-state index >= 15 is 0 Å². The lowest BCUT2D eigenvalue weighted by molar-refractivity contribution is 0.223. The second-order valence-electron chi connectivity index (χ2n) is 12.9. The molecule has 40 heavy (non-hydrogen) atoms. The summed E-state index contributed by atoms with van der Waals surface area (Å²) >= 11 is 0. The standard InChI is InChI=1S/C40H58/c1-9-11-13-14-21-28-40(27-12-10-2,29-26-35(6)37-22-17-15-18-23-37)32-39(8,38-24-19-16-20-25-38)31-34(5)30-36(7)33(3)4/h10,13-20,22-26,29-30,33,35-36H,2,9,11-12,21,27-28,31-32H2,1,3-8H3. The van der Waals surface area contributed by atoms with Gasteiger partial charge in [0, 0.05) is 0 Å². The van der Waals surface area contributed by atoms with Gasteiger partial charge in [-0.3, -0.25) is 0 Å². The van der Waals surface area contributed by atoms with Crippen LogP contribution in [0.15, 0.2) is 109 Å². The summed E-state index contributed by atoms with van der Waals surface area (Å²) in [7, 11) is 0. The van der Waals surface area contributed by atoms with Crippen molar-refractivity contribution in [1.29, 1.82) is 0 Å². The summed E-state index contributed by atoms with van der Waals surface area (Å²) in [6.07, 6.45) is 23.6. The number of hydrogen-bond acceptors (Lipinski definition) is 0. The molecule has 0 aliphatic heterocycles. The Morgan fingerprint density at radius 2 is 1.45 bits per heavy atom. The Bertz CT molecular complexity index is 1050. The number of allylic oxidation sites excluding steroid dienone is 7. The number of rotatable bonds is 18. The minimum Gasteiger partial charge on any atom is -0.103 e. The van der Waals surface area contributed by atoms with E-state index < -0.39 is 0 Å². The van der Waals surface area contributed by atoms with Crippen molar-refractivity contribution in [2.45, 2.75) is 111 Å². The maximum atomic E-state index is 4.13. The Morgan fingerprint density at radius 1 is 0.850 bits per heavy atom. The van der Waals surface area contributed by atoms with E-state index in [4.69, 9.17) is 0 Å². The van der Waals surface area contributed by atoms with E-state index in [-0.39, 0.29) is 10.8 Å². The van der Waals surface area contributed by atoms with E-state index in [0.29, 0.717) is 17.8 Å². The lowest BCUT2D eigenvalue weighted by Gasteiger charge is -2.42. The molecule has 0 aliphatic rings. The average Bonchev–Trinajstić information content (AvgIpc) is 2.95. The van der Waals surface area contributed by atoms with Crippen LogP contribution in [0.4, 0.5) is 0 Å². The van der Waals surface area contributed by atoms with Crippen molar-refractivity contribution in [3.63, 3.8) is 0 Å². The van der Waals surface area contributed by atoms with Crippen molar-refractivity contribution in [2.75, 3.05) is 0 Å². The first kappa shape index (κ1) is 33.6. The first-order valence-electron chi connectivity index (χ1n) is 15.9. The van der Waals surface area contributed by atoms with Crippen molar-refractivity contribution < 1.29 is 0 Å². The van der Waals surface area contributed by atoms with Crippen LogP contribution >= 0.6 is 0 Å². The van der Waals surface area contributed by atoms with Gasteiger partial charge in [0.25, 0.3) is 0 Å². The van der Waals surface area contributed by atoms with Crippen LogP contribution < -0.4 is 0 Å². The van der Waals surface area contributed by atoms with Gasteiger partial charge in [0.15, 0.2) is 0 Å². The van der Waals surface area contributed by atoms with Crippen molar-refractivity contribution in [3.05, 3.63) is 120 Å².